The largest absolute Gasteiger partial charge is 2.00 e. The van der Waals surface area contributed by atoms with E-state index in [9.17, 15) is 0 Å². The maximum Gasteiger partial charge on any atom is 2.00 e. The molecule has 0 heterocycles. The average Bonchev–Trinajstić information content (AvgIpc) is 0. The zero-order valence-electron chi connectivity index (χ0n) is 5.52. The molecule has 0 atom stereocenters. The van der Waals surface area contributed by atoms with E-state index in [0.717, 1.165) is 0 Å². The molecule has 0 radical (unpaired) electrons. The van der Waals surface area contributed by atoms with E-state index in [0.29, 0.717) is 0 Å². The third kappa shape index (κ3) is 9.29. The van der Waals surface area contributed by atoms with Gasteiger partial charge in [-0.2, -0.15) is 0 Å². The van der Waals surface area contributed by atoms with Gasteiger partial charge in [0.15, 0.2) is 0 Å². The SMILES string of the molecule is I.I.[H-].[H-].[H-].[K+].[Mg+2]. The molecule has 0 aliphatic carbocycles. The molecule has 22 valence electrons. The van der Waals surface area contributed by atoms with Crippen molar-refractivity contribution < 1.29 is 55.7 Å². The third-order valence-electron chi connectivity index (χ3n) is 0. The Labute approximate surface area is 123 Å². The molecule has 0 aliphatic rings. The quantitative estimate of drug-likeness (QED) is 0.365. The minimum absolute atomic E-state index is 0. The summed E-state index contributed by atoms with van der Waals surface area (Å²) in [4.78, 5) is 0. The molecule has 0 aromatic heterocycles. The molecule has 0 aromatic carbocycles. The molecule has 0 amide bonds. The monoisotopic (exact) mass is 322 g/mol. The van der Waals surface area contributed by atoms with E-state index in [-0.39, 0.29) is 127 Å². The van der Waals surface area contributed by atoms with Crippen molar-refractivity contribution in [2.24, 2.45) is 0 Å². The fraction of sp³-hybridized carbons (Fsp3) is 0. The van der Waals surface area contributed by atoms with Crippen molar-refractivity contribution in [2.45, 2.75) is 0 Å². The van der Waals surface area contributed by atoms with Crippen LogP contribution in [0, 0.1) is 0 Å². The number of halogens is 2. The molecule has 0 saturated heterocycles. The Morgan fingerprint density at radius 1 is 1.00 bits per heavy atom. The smallest absolute Gasteiger partial charge is 1.00 e. The molecule has 0 nitrogen and oxygen atoms in total. The van der Waals surface area contributed by atoms with Gasteiger partial charge in [-0.1, -0.05) is 0 Å². The van der Waals surface area contributed by atoms with Gasteiger partial charge in [0.2, 0.25) is 0 Å². The van der Waals surface area contributed by atoms with Gasteiger partial charge in [-0.25, -0.2) is 0 Å². The summed E-state index contributed by atoms with van der Waals surface area (Å²) in [5, 5.41) is 0. The Hall–Kier alpha value is 3.86. The summed E-state index contributed by atoms with van der Waals surface area (Å²) in [5.74, 6) is 0. The minimum Gasteiger partial charge on any atom is -1.00 e. The zero-order valence-corrected chi connectivity index (χ0v) is 11.7. The van der Waals surface area contributed by atoms with Crippen LogP contribution in [0.2, 0.25) is 0 Å². The molecule has 4 heavy (non-hydrogen) atoms. The van der Waals surface area contributed by atoms with Gasteiger partial charge in [0.25, 0.3) is 0 Å². The predicted octanol–water partition coefficient (Wildman–Crippen LogP) is -1.80. The minimum atomic E-state index is 0. The fourth-order valence-electron chi connectivity index (χ4n) is 0. The maximum absolute atomic E-state index is 0. The van der Waals surface area contributed by atoms with Gasteiger partial charge in [0, 0.05) is 0 Å². The van der Waals surface area contributed by atoms with E-state index >= 15 is 0 Å². The van der Waals surface area contributed by atoms with Gasteiger partial charge in [0.1, 0.15) is 0 Å². The van der Waals surface area contributed by atoms with Crippen molar-refractivity contribution >= 4 is 71.0 Å². The van der Waals surface area contributed by atoms with Crippen molar-refractivity contribution in [1.82, 2.24) is 0 Å². The second-order valence-electron chi connectivity index (χ2n) is 0. The first-order chi connectivity index (χ1) is 0. The second kappa shape index (κ2) is 15.8. The van der Waals surface area contributed by atoms with Crippen molar-refractivity contribution in [1.29, 1.82) is 0 Å². The molecule has 0 saturated carbocycles. The number of hydrogen-bond donors (Lipinski definition) is 0. The van der Waals surface area contributed by atoms with Crippen molar-refractivity contribution in [3.8, 4) is 0 Å². The van der Waals surface area contributed by atoms with Crippen LogP contribution in [-0.2, 0) is 0 Å². The molecular weight excluding hydrogens is 317 g/mol. The maximum atomic E-state index is 0. The van der Waals surface area contributed by atoms with Crippen LogP contribution in [0.3, 0.4) is 0 Å². The Morgan fingerprint density at radius 3 is 1.00 bits per heavy atom. The summed E-state index contributed by atoms with van der Waals surface area (Å²) in [6.07, 6.45) is 0. The van der Waals surface area contributed by atoms with Crippen molar-refractivity contribution in [2.75, 3.05) is 0 Å². The standard InChI is InChI=1S/2HI.K.Mg.3H/h2*1H;;;;;/q;;+1;+2;3*-1. The van der Waals surface area contributed by atoms with Crippen LogP contribution in [0.25, 0.3) is 0 Å². The van der Waals surface area contributed by atoms with E-state index in [2.05, 4.69) is 0 Å². The van der Waals surface area contributed by atoms with Crippen LogP contribution in [-0.4, -0.2) is 23.1 Å². The first-order valence-corrected chi connectivity index (χ1v) is 0. The molecule has 0 rings (SSSR count). The Kier molecular flexibility index (Phi) is 98.1. The van der Waals surface area contributed by atoms with Gasteiger partial charge < -0.3 is 4.28 Å². The molecule has 0 unspecified atom stereocenters. The first-order valence-electron chi connectivity index (χ1n) is 0. The van der Waals surface area contributed by atoms with Gasteiger partial charge in [0.05, 0.1) is 0 Å². The molecule has 0 bridgehead atoms. The van der Waals surface area contributed by atoms with Crippen LogP contribution in [0.4, 0.5) is 0 Å². The van der Waals surface area contributed by atoms with E-state index in [1.54, 1.807) is 0 Å². The fourth-order valence-corrected chi connectivity index (χ4v) is 0. The molecular formula is H5I2KMg. The number of hydrogen-bond acceptors (Lipinski definition) is 0. The van der Waals surface area contributed by atoms with E-state index < -0.39 is 0 Å². The van der Waals surface area contributed by atoms with Crippen LogP contribution in [0.5, 0.6) is 0 Å². The Balaban J connectivity index is 0. The van der Waals surface area contributed by atoms with Crippen LogP contribution in [0.15, 0.2) is 0 Å². The summed E-state index contributed by atoms with van der Waals surface area (Å²) < 4.78 is 0. The predicted molar refractivity (Wildman–Crippen MR) is 39.9 cm³/mol. The summed E-state index contributed by atoms with van der Waals surface area (Å²) in [6.45, 7) is 0. The third-order valence-corrected chi connectivity index (χ3v) is 0. The van der Waals surface area contributed by atoms with Gasteiger partial charge >= 0.3 is 74.4 Å². The molecule has 0 fully saturated rings. The van der Waals surface area contributed by atoms with Crippen LogP contribution < -0.4 is 51.4 Å². The Bertz CT molecular complexity index is 12.9. The van der Waals surface area contributed by atoms with Crippen molar-refractivity contribution in [3.05, 3.63) is 0 Å². The van der Waals surface area contributed by atoms with Crippen LogP contribution >= 0.6 is 48.0 Å². The van der Waals surface area contributed by atoms with E-state index in [1.807, 2.05) is 0 Å². The molecule has 4 heteroatoms. The Morgan fingerprint density at radius 2 is 1.00 bits per heavy atom. The molecule has 0 N–H and O–H groups in total. The van der Waals surface area contributed by atoms with Gasteiger partial charge in [-0.3, -0.25) is 0 Å². The molecule has 0 aliphatic heterocycles. The topological polar surface area (TPSA) is 0 Å². The molecule has 0 spiro atoms. The number of rotatable bonds is 0. The summed E-state index contributed by atoms with van der Waals surface area (Å²) in [5.41, 5.74) is 0. The average molecular weight is 322 g/mol. The second-order valence-corrected chi connectivity index (χ2v) is 0. The summed E-state index contributed by atoms with van der Waals surface area (Å²) in [6, 6.07) is 0. The first kappa shape index (κ1) is 24.8. The molecule has 0 aromatic rings. The van der Waals surface area contributed by atoms with Gasteiger partial charge in [-0.15, -0.1) is 48.0 Å². The summed E-state index contributed by atoms with van der Waals surface area (Å²) >= 11 is 0. The van der Waals surface area contributed by atoms with E-state index in [4.69, 9.17) is 0 Å². The van der Waals surface area contributed by atoms with E-state index in [1.165, 1.54) is 0 Å². The normalized spacial score (nSPS) is 0. The van der Waals surface area contributed by atoms with Gasteiger partial charge in [-0.05, 0) is 0 Å². The summed E-state index contributed by atoms with van der Waals surface area (Å²) in [7, 11) is 0. The van der Waals surface area contributed by atoms with Crippen LogP contribution in [0.1, 0.15) is 4.28 Å². The van der Waals surface area contributed by atoms with Crippen molar-refractivity contribution in [3.63, 3.8) is 0 Å². The zero-order chi connectivity index (χ0) is 0.